The molecule has 0 amide bonds. The van der Waals surface area contributed by atoms with E-state index in [4.69, 9.17) is 0 Å². The molecule has 0 unspecified atom stereocenters. The smallest absolute Gasteiger partial charge is 0.261 e. The van der Waals surface area contributed by atoms with E-state index in [9.17, 15) is 8.42 Å². The van der Waals surface area contributed by atoms with Crippen LogP contribution >= 0.6 is 0 Å². The first-order chi connectivity index (χ1) is 6.84. The Kier molecular flexibility index (Phi) is 3.51. The van der Waals surface area contributed by atoms with Crippen molar-refractivity contribution in [3.05, 3.63) is 12.5 Å². The van der Waals surface area contributed by atoms with Crippen LogP contribution in [0.5, 0.6) is 0 Å². The monoisotopic (exact) mass is 231 g/mol. The molecule has 1 heterocycles. The lowest BCUT2D eigenvalue weighted by atomic mass is 10.2. The summed E-state index contributed by atoms with van der Waals surface area (Å²) >= 11 is 0. The maximum Gasteiger partial charge on any atom is 0.261 e. The number of hydrogen-bond donors (Lipinski definition) is 0. The molecule has 1 rings (SSSR count). The van der Waals surface area contributed by atoms with Crippen molar-refractivity contribution in [1.29, 1.82) is 0 Å². The molecule has 0 aromatic carbocycles. The zero-order valence-corrected chi connectivity index (χ0v) is 10.3. The summed E-state index contributed by atoms with van der Waals surface area (Å²) in [6.07, 6.45) is 3.12. The van der Waals surface area contributed by atoms with Crippen LogP contribution in [-0.4, -0.2) is 36.4 Å². The van der Waals surface area contributed by atoms with Crippen molar-refractivity contribution in [1.82, 2.24) is 13.9 Å². The van der Waals surface area contributed by atoms with Crippen molar-refractivity contribution in [2.75, 3.05) is 14.1 Å². The van der Waals surface area contributed by atoms with E-state index in [-0.39, 0.29) is 5.03 Å². The first-order valence-corrected chi connectivity index (χ1v) is 6.22. The molecule has 0 atom stereocenters. The molecule has 0 saturated carbocycles. The topological polar surface area (TPSA) is 55.2 Å². The van der Waals surface area contributed by atoms with Crippen LogP contribution in [0.15, 0.2) is 17.6 Å². The first-order valence-electron chi connectivity index (χ1n) is 4.78. The van der Waals surface area contributed by atoms with Gasteiger partial charge in [0.25, 0.3) is 10.0 Å². The van der Waals surface area contributed by atoms with Crippen LogP contribution < -0.4 is 0 Å². The second kappa shape index (κ2) is 4.32. The second-order valence-electron chi connectivity index (χ2n) is 4.09. The molecule has 15 heavy (non-hydrogen) atoms. The molecule has 6 heteroatoms. The number of sulfonamides is 1. The Balaban J connectivity index is 2.94. The third-order valence-electron chi connectivity index (χ3n) is 1.93. The molecule has 1 aromatic heterocycles. The Morgan fingerprint density at radius 3 is 2.53 bits per heavy atom. The minimum atomic E-state index is -3.39. The molecule has 1 aromatic rings. The number of rotatable bonds is 4. The minimum Gasteiger partial charge on any atom is -0.336 e. The quantitative estimate of drug-likeness (QED) is 0.770. The standard InChI is InChI=1S/C9H17N3O2S/c1-8(2)5-12-6-9(10-7-12)15(13,14)11(3)4/h6-8H,5H2,1-4H3. The Hall–Kier alpha value is -0.880. The predicted molar refractivity (Wildman–Crippen MR) is 57.9 cm³/mol. The Bertz CT molecular complexity index is 420. The lowest BCUT2D eigenvalue weighted by Crippen LogP contribution is -2.22. The van der Waals surface area contributed by atoms with Gasteiger partial charge >= 0.3 is 0 Å². The van der Waals surface area contributed by atoms with E-state index in [0.29, 0.717) is 5.92 Å². The zero-order valence-electron chi connectivity index (χ0n) is 9.51. The Morgan fingerprint density at radius 2 is 2.07 bits per heavy atom. The Morgan fingerprint density at radius 1 is 1.47 bits per heavy atom. The SMILES string of the molecule is CC(C)Cn1cnc(S(=O)(=O)N(C)C)c1. The van der Waals surface area contributed by atoms with Crippen molar-refractivity contribution in [2.45, 2.75) is 25.4 Å². The van der Waals surface area contributed by atoms with E-state index >= 15 is 0 Å². The van der Waals surface area contributed by atoms with E-state index < -0.39 is 10.0 Å². The first kappa shape index (κ1) is 12.2. The van der Waals surface area contributed by atoms with Crippen LogP contribution in [0.1, 0.15) is 13.8 Å². The molecule has 0 N–H and O–H groups in total. The summed E-state index contributed by atoms with van der Waals surface area (Å²) in [6.45, 7) is 4.91. The molecule has 0 spiro atoms. The summed E-state index contributed by atoms with van der Waals surface area (Å²) in [4.78, 5) is 3.90. The summed E-state index contributed by atoms with van der Waals surface area (Å²) in [5, 5.41) is 0.105. The van der Waals surface area contributed by atoms with Crippen molar-refractivity contribution in [2.24, 2.45) is 5.92 Å². The number of nitrogens with zero attached hydrogens (tertiary/aromatic N) is 3. The highest BCUT2D eigenvalue weighted by atomic mass is 32.2. The summed E-state index contributed by atoms with van der Waals surface area (Å²) in [5.74, 6) is 0.467. The van der Waals surface area contributed by atoms with Gasteiger partial charge in [0.15, 0.2) is 5.03 Å². The van der Waals surface area contributed by atoms with Gasteiger partial charge in [0.05, 0.1) is 6.33 Å². The normalized spacial score (nSPS) is 12.7. The van der Waals surface area contributed by atoms with E-state index in [1.54, 1.807) is 17.1 Å². The number of hydrogen-bond acceptors (Lipinski definition) is 3. The largest absolute Gasteiger partial charge is 0.336 e. The van der Waals surface area contributed by atoms with Gasteiger partial charge in [-0.1, -0.05) is 13.8 Å². The molecular weight excluding hydrogens is 214 g/mol. The summed E-state index contributed by atoms with van der Waals surface area (Å²) in [7, 11) is -0.397. The van der Waals surface area contributed by atoms with Crippen LogP contribution in [0.3, 0.4) is 0 Å². The average Bonchev–Trinajstić information content (AvgIpc) is 2.51. The molecule has 5 nitrogen and oxygen atoms in total. The van der Waals surface area contributed by atoms with Gasteiger partial charge in [-0.15, -0.1) is 0 Å². The minimum absolute atomic E-state index is 0.105. The van der Waals surface area contributed by atoms with Crippen molar-refractivity contribution in [3.8, 4) is 0 Å². The lowest BCUT2D eigenvalue weighted by Gasteiger charge is -2.08. The van der Waals surface area contributed by atoms with Crippen LogP contribution in [0.4, 0.5) is 0 Å². The molecule has 0 fully saturated rings. The van der Waals surface area contributed by atoms with Crippen LogP contribution in [0.2, 0.25) is 0 Å². The molecule has 0 saturated heterocycles. The van der Waals surface area contributed by atoms with Crippen LogP contribution in [0.25, 0.3) is 0 Å². The van der Waals surface area contributed by atoms with E-state index in [1.807, 2.05) is 0 Å². The summed E-state index contributed by atoms with van der Waals surface area (Å²) < 4.78 is 26.3. The third-order valence-corrected chi connectivity index (χ3v) is 3.63. The molecule has 0 aliphatic rings. The highest BCUT2D eigenvalue weighted by Gasteiger charge is 2.19. The van der Waals surface area contributed by atoms with Gasteiger partial charge in [0.1, 0.15) is 0 Å². The van der Waals surface area contributed by atoms with Gasteiger partial charge in [0.2, 0.25) is 0 Å². The molecule has 0 bridgehead atoms. The van der Waals surface area contributed by atoms with Crippen molar-refractivity contribution in [3.63, 3.8) is 0 Å². The van der Waals surface area contributed by atoms with Gasteiger partial charge in [-0.05, 0) is 5.92 Å². The maximum absolute atomic E-state index is 11.7. The zero-order chi connectivity index (χ0) is 11.6. The van der Waals surface area contributed by atoms with E-state index in [0.717, 1.165) is 10.8 Å². The van der Waals surface area contributed by atoms with Gasteiger partial charge in [-0.25, -0.2) is 17.7 Å². The molecule has 0 aliphatic heterocycles. The highest BCUT2D eigenvalue weighted by Crippen LogP contribution is 2.10. The maximum atomic E-state index is 11.7. The van der Waals surface area contributed by atoms with E-state index in [2.05, 4.69) is 18.8 Å². The molecule has 0 radical (unpaired) electrons. The molecular formula is C9H17N3O2S. The third kappa shape index (κ3) is 2.79. The average molecular weight is 231 g/mol. The van der Waals surface area contributed by atoms with Crippen LogP contribution in [-0.2, 0) is 16.6 Å². The van der Waals surface area contributed by atoms with Crippen LogP contribution in [0, 0.1) is 5.92 Å². The number of aromatic nitrogens is 2. The van der Waals surface area contributed by atoms with Crippen molar-refractivity contribution < 1.29 is 8.42 Å². The fourth-order valence-corrected chi connectivity index (χ4v) is 2.00. The Labute approximate surface area is 90.8 Å². The molecule has 86 valence electrons. The van der Waals surface area contributed by atoms with Gasteiger partial charge in [0, 0.05) is 26.8 Å². The van der Waals surface area contributed by atoms with Gasteiger partial charge < -0.3 is 4.57 Å². The summed E-state index contributed by atoms with van der Waals surface area (Å²) in [5.41, 5.74) is 0. The fourth-order valence-electron chi connectivity index (χ4n) is 1.18. The molecule has 0 aliphatic carbocycles. The predicted octanol–water partition coefficient (Wildman–Crippen LogP) is 0.789. The lowest BCUT2D eigenvalue weighted by molar-refractivity contribution is 0.513. The summed E-state index contributed by atoms with van der Waals surface area (Å²) in [6, 6.07) is 0. The van der Waals surface area contributed by atoms with Gasteiger partial charge in [-0.3, -0.25) is 0 Å². The van der Waals surface area contributed by atoms with Gasteiger partial charge in [-0.2, -0.15) is 0 Å². The highest BCUT2D eigenvalue weighted by molar-refractivity contribution is 7.89. The van der Waals surface area contributed by atoms with E-state index in [1.165, 1.54) is 14.1 Å². The fraction of sp³-hybridized carbons (Fsp3) is 0.667. The van der Waals surface area contributed by atoms with Crippen molar-refractivity contribution >= 4 is 10.0 Å². The number of imidazole rings is 1. The second-order valence-corrected chi connectivity index (χ2v) is 6.19.